The van der Waals surface area contributed by atoms with Crippen molar-refractivity contribution in [3.8, 4) is 0 Å². The van der Waals surface area contributed by atoms with Crippen LogP contribution in [0.3, 0.4) is 0 Å². The van der Waals surface area contributed by atoms with Crippen molar-refractivity contribution in [2.75, 3.05) is 13.1 Å². The minimum absolute atomic E-state index is 0.166. The van der Waals surface area contributed by atoms with E-state index in [4.69, 9.17) is 0 Å². The van der Waals surface area contributed by atoms with Gasteiger partial charge in [0.2, 0.25) is 5.91 Å². The predicted octanol–water partition coefficient (Wildman–Crippen LogP) is 2.88. The van der Waals surface area contributed by atoms with Crippen LogP contribution in [-0.2, 0) is 9.59 Å². The van der Waals surface area contributed by atoms with Crippen molar-refractivity contribution in [1.29, 1.82) is 0 Å². The first-order valence-electron chi connectivity index (χ1n) is 10.1. The molecule has 4 amide bonds. The molecule has 6 heteroatoms. The number of amides is 4. The largest absolute Gasteiger partial charge is 0.354 e. The van der Waals surface area contributed by atoms with Crippen LogP contribution in [0.4, 0.5) is 4.79 Å². The molecule has 0 bridgehead atoms. The molecule has 2 fully saturated rings. The number of hydrogen-bond acceptors (Lipinski definition) is 3. The van der Waals surface area contributed by atoms with E-state index in [9.17, 15) is 14.4 Å². The summed E-state index contributed by atoms with van der Waals surface area (Å²) in [5.74, 6) is -0.351. The Morgan fingerprint density at radius 1 is 1.23 bits per heavy atom. The van der Waals surface area contributed by atoms with Crippen molar-refractivity contribution in [3.05, 3.63) is 11.6 Å². The van der Waals surface area contributed by atoms with E-state index in [-0.39, 0.29) is 24.3 Å². The first-order valence-corrected chi connectivity index (χ1v) is 10.1. The Bertz CT molecular complexity index is 595. The van der Waals surface area contributed by atoms with Gasteiger partial charge in [-0.3, -0.25) is 14.5 Å². The average Bonchev–Trinajstić information content (AvgIpc) is 2.87. The standard InChI is InChI=1S/C20H31N3O3/c1-20(16-10-6-3-7-11-16)18(25)23(19(26)22-20)14-17(24)21-13-12-15-8-4-2-5-9-15/h8,16H,2-7,9-14H2,1H3,(H,21,24)(H,22,26)/t20-/m0/s1. The topological polar surface area (TPSA) is 78.5 Å². The highest BCUT2D eigenvalue weighted by Crippen LogP contribution is 2.36. The molecule has 1 heterocycles. The van der Waals surface area contributed by atoms with Gasteiger partial charge < -0.3 is 10.6 Å². The summed E-state index contributed by atoms with van der Waals surface area (Å²) in [7, 11) is 0. The highest BCUT2D eigenvalue weighted by atomic mass is 16.2. The van der Waals surface area contributed by atoms with Crippen LogP contribution in [0.1, 0.15) is 71.1 Å². The molecule has 1 aliphatic heterocycles. The first-order chi connectivity index (χ1) is 12.5. The second kappa shape index (κ2) is 8.23. The first kappa shape index (κ1) is 18.9. The number of nitrogens with one attached hydrogen (secondary N) is 2. The van der Waals surface area contributed by atoms with Gasteiger partial charge in [0.1, 0.15) is 12.1 Å². The van der Waals surface area contributed by atoms with Crippen molar-refractivity contribution >= 4 is 17.8 Å². The highest BCUT2D eigenvalue weighted by molar-refractivity contribution is 6.09. The lowest BCUT2D eigenvalue weighted by Gasteiger charge is -2.34. The van der Waals surface area contributed by atoms with Crippen LogP contribution in [0, 0.1) is 5.92 Å². The van der Waals surface area contributed by atoms with E-state index in [0.717, 1.165) is 49.8 Å². The average molecular weight is 361 g/mol. The molecular formula is C20H31N3O3. The van der Waals surface area contributed by atoms with Gasteiger partial charge in [0.15, 0.2) is 0 Å². The summed E-state index contributed by atoms with van der Waals surface area (Å²) in [4.78, 5) is 38.5. The number of allylic oxidation sites excluding steroid dienone is 1. The number of imide groups is 1. The van der Waals surface area contributed by atoms with Crippen LogP contribution in [0.5, 0.6) is 0 Å². The molecule has 2 N–H and O–H groups in total. The molecule has 26 heavy (non-hydrogen) atoms. The molecule has 0 spiro atoms. The lowest BCUT2D eigenvalue weighted by Crippen LogP contribution is -2.51. The maximum Gasteiger partial charge on any atom is 0.325 e. The molecule has 0 unspecified atom stereocenters. The van der Waals surface area contributed by atoms with Crippen molar-refractivity contribution in [1.82, 2.24) is 15.5 Å². The quantitative estimate of drug-likeness (QED) is 0.564. The molecule has 0 radical (unpaired) electrons. The molecule has 2 aliphatic carbocycles. The molecule has 6 nitrogen and oxygen atoms in total. The molecule has 0 aromatic heterocycles. The predicted molar refractivity (Wildman–Crippen MR) is 99.4 cm³/mol. The Morgan fingerprint density at radius 3 is 2.69 bits per heavy atom. The third-order valence-electron chi connectivity index (χ3n) is 6.18. The third-order valence-corrected chi connectivity index (χ3v) is 6.18. The van der Waals surface area contributed by atoms with Gasteiger partial charge >= 0.3 is 6.03 Å². The highest BCUT2D eigenvalue weighted by Gasteiger charge is 2.52. The van der Waals surface area contributed by atoms with E-state index in [0.29, 0.717) is 6.54 Å². The number of urea groups is 1. The van der Waals surface area contributed by atoms with Crippen molar-refractivity contribution in [3.63, 3.8) is 0 Å². The van der Waals surface area contributed by atoms with Crippen LogP contribution in [0.2, 0.25) is 0 Å². The van der Waals surface area contributed by atoms with E-state index in [2.05, 4.69) is 16.7 Å². The number of hydrogen-bond donors (Lipinski definition) is 2. The van der Waals surface area contributed by atoms with Crippen molar-refractivity contribution < 1.29 is 14.4 Å². The lowest BCUT2D eigenvalue weighted by molar-refractivity contribution is -0.136. The molecule has 3 aliphatic rings. The zero-order valence-electron chi connectivity index (χ0n) is 15.8. The van der Waals surface area contributed by atoms with Crippen LogP contribution in [0.25, 0.3) is 0 Å². The summed E-state index contributed by atoms with van der Waals surface area (Å²) in [5, 5.41) is 5.71. The van der Waals surface area contributed by atoms with Gasteiger partial charge in [-0.2, -0.15) is 0 Å². The monoisotopic (exact) mass is 361 g/mol. The normalized spacial score (nSPS) is 27.3. The van der Waals surface area contributed by atoms with Crippen molar-refractivity contribution in [2.45, 2.75) is 76.7 Å². The fourth-order valence-electron chi connectivity index (χ4n) is 4.51. The Kier molecular flexibility index (Phi) is 5.99. The number of carbonyl (C=O) groups excluding carboxylic acids is 3. The zero-order chi connectivity index (χ0) is 18.6. The third kappa shape index (κ3) is 4.10. The summed E-state index contributed by atoms with van der Waals surface area (Å²) in [6, 6.07) is -0.437. The van der Waals surface area contributed by atoms with Crippen molar-refractivity contribution in [2.24, 2.45) is 5.92 Å². The second-order valence-electron chi connectivity index (χ2n) is 8.07. The maximum absolute atomic E-state index is 12.8. The molecule has 1 saturated carbocycles. The maximum atomic E-state index is 12.8. The van der Waals surface area contributed by atoms with Gasteiger partial charge in [-0.25, -0.2) is 4.79 Å². The summed E-state index contributed by atoms with van der Waals surface area (Å²) >= 11 is 0. The van der Waals surface area contributed by atoms with Gasteiger partial charge in [-0.05, 0) is 57.8 Å². The van der Waals surface area contributed by atoms with Gasteiger partial charge in [0, 0.05) is 6.54 Å². The van der Waals surface area contributed by atoms with E-state index < -0.39 is 11.6 Å². The molecular weight excluding hydrogens is 330 g/mol. The van der Waals surface area contributed by atoms with Gasteiger partial charge in [0.05, 0.1) is 0 Å². The van der Waals surface area contributed by atoms with Crippen LogP contribution in [-0.4, -0.2) is 41.4 Å². The fourth-order valence-corrected chi connectivity index (χ4v) is 4.51. The SMILES string of the molecule is C[C@@]1(C2CCCCC2)NC(=O)N(CC(=O)NCCC2=CCCCC2)C1=O. The Morgan fingerprint density at radius 2 is 2.00 bits per heavy atom. The fraction of sp³-hybridized carbons (Fsp3) is 0.750. The van der Waals surface area contributed by atoms with E-state index >= 15 is 0 Å². The van der Waals surface area contributed by atoms with Crippen LogP contribution >= 0.6 is 0 Å². The minimum Gasteiger partial charge on any atom is -0.354 e. The van der Waals surface area contributed by atoms with E-state index in [1.54, 1.807) is 0 Å². The Labute approximate surface area is 155 Å². The summed E-state index contributed by atoms with van der Waals surface area (Å²) in [6.45, 7) is 2.19. The van der Waals surface area contributed by atoms with E-state index in [1.165, 1.54) is 24.8 Å². The summed E-state index contributed by atoms with van der Waals surface area (Å²) < 4.78 is 0. The molecule has 1 saturated heterocycles. The minimum atomic E-state index is -0.856. The summed E-state index contributed by atoms with van der Waals surface area (Å²) in [6.07, 6.45) is 13.1. The second-order valence-corrected chi connectivity index (χ2v) is 8.07. The number of carbonyl (C=O) groups is 3. The molecule has 0 aromatic carbocycles. The summed E-state index contributed by atoms with van der Waals surface area (Å²) in [5.41, 5.74) is 0.543. The van der Waals surface area contributed by atoms with Crippen LogP contribution < -0.4 is 10.6 Å². The lowest BCUT2D eigenvalue weighted by atomic mass is 9.75. The Balaban J connectivity index is 1.50. The zero-order valence-corrected chi connectivity index (χ0v) is 15.8. The molecule has 0 aromatic rings. The molecule has 3 rings (SSSR count). The van der Waals surface area contributed by atoms with Gasteiger partial charge in [-0.1, -0.05) is 30.9 Å². The Hall–Kier alpha value is -1.85. The molecule has 144 valence electrons. The number of nitrogens with zero attached hydrogens (tertiary/aromatic N) is 1. The molecule has 1 atom stereocenters. The van der Waals surface area contributed by atoms with Gasteiger partial charge in [-0.15, -0.1) is 0 Å². The number of rotatable bonds is 6. The van der Waals surface area contributed by atoms with Crippen LogP contribution in [0.15, 0.2) is 11.6 Å². The smallest absolute Gasteiger partial charge is 0.325 e. The van der Waals surface area contributed by atoms with E-state index in [1.807, 2.05) is 6.92 Å². The van der Waals surface area contributed by atoms with Gasteiger partial charge in [0.25, 0.3) is 5.91 Å².